The number of para-hydroxylation sites is 1. The van der Waals surface area contributed by atoms with Crippen LogP contribution >= 0.6 is 0 Å². The summed E-state index contributed by atoms with van der Waals surface area (Å²) < 4.78 is 38.3. The molecule has 3 rings (SSSR count). The highest BCUT2D eigenvalue weighted by atomic mass is 32.2. The second-order valence-electron chi connectivity index (χ2n) is 6.18. The van der Waals surface area contributed by atoms with Gasteiger partial charge in [0.1, 0.15) is 10.6 Å². The van der Waals surface area contributed by atoms with Crippen LogP contribution in [0.25, 0.3) is 0 Å². The van der Waals surface area contributed by atoms with E-state index in [1.54, 1.807) is 18.2 Å². The number of methoxy groups -OCH3 is 2. The van der Waals surface area contributed by atoms with E-state index in [1.807, 2.05) is 0 Å². The summed E-state index contributed by atoms with van der Waals surface area (Å²) >= 11 is 0. The summed E-state index contributed by atoms with van der Waals surface area (Å²) in [7, 11) is -0.985. The number of ether oxygens (including phenoxy) is 2. The van der Waals surface area contributed by atoms with Crippen molar-refractivity contribution in [2.75, 3.05) is 14.2 Å². The number of rotatable bonds is 5. The summed E-state index contributed by atoms with van der Waals surface area (Å²) in [5, 5.41) is 0. The molecule has 126 valence electrons. The van der Waals surface area contributed by atoms with Crippen LogP contribution in [0.2, 0.25) is 0 Å². The van der Waals surface area contributed by atoms with Crippen LogP contribution in [0, 0.1) is 17.8 Å². The Morgan fingerprint density at radius 3 is 2.57 bits per heavy atom. The van der Waals surface area contributed by atoms with Crippen molar-refractivity contribution in [1.29, 1.82) is 0 Å². The quantitative estimate of drug-likeness (QED) is 0.823. The highest BCUT2D eigenvalue weighted by Gasteiger charge is 2.52. The van der Waals surface area contributed by atoms with E-state index in [-0.39, 0.29) is 28.5 Å². The molecule has 2 saturated carbocycles. The molecule has 6 nitrogen and oxygen atoms in total. The van der Waals surface area contributed by atoms with E-state index < -0.39 is 22.0 Å². The van der Waals surface area contributed by atoms with E-state index >= 15 is 0 Å². The van der Waals surface area contributed by atoms with Gasteiger partial charge in [-0.3, -0.25) is 4.79 Å². The Hall–Kier alpha value is -1.60. The third-order valence-electron chi connectivity index (χ3n) is 5.04. The predicted octanol–water partition coefficient (Wildman–Crippen LogP) is 1.56. The molecule has 2 bridgehead atoms. The lowest BCUT2D eigenvalue weighted by molar-refractivity contribution is -0.148. The lowest BCUT2D eigenvalue weighted by atomic mass is 9.85. The van der Waals surface area contributed by atoms with Crippen molar-refractivity contribution >= 4 is 16.0 Å². The molecule has 0 radical (unpaired) electrons. The summed E-state index contributed by atoms with van der Waals surface area (Å²) in [4.78, 5) is 12.2. The van der Waals surface area contributed by atoms with E-state index in [4.69, 9.17) is 9.47 Å². The monoisotopic (exact) mass is 339 g/mol. The van der Waals surface area contributed by atoms with Crippen molar-refractivity contribution in [3.8, 4) is 5.75 Å². The van der Waals surface area contributed by atoms with Gasteiger partial charge in [0.15, 0.2) is 0 Å². The minimum absolute atomic E-state index is 0.0916. The first-order valence-electron chi connectivity index (χ1n) is 7.71. The van der Waals surface area contributed by atoms with Gasteiger partial charge in [-0.1, -0.05) is 12.1 Å². The van der Waals surface area contributed by atoms with Gasteiger partial charge in [0.2, 0.25) is 10.0 Å². The number of hydrogen-bond donors (Lipinski definition) is 1. The summed E-state index contributed by atoms with van der Waals surface area (Å²) in [5.41, 5.74) is 0. The standard InChI is InChI=1S/C16H21NO5S/c1-21-12-5-3-4-6-13(12)23(19,20)17-15-11-8-7-10(9-11)14(15)16(18)22-2/h3-6,10-11,14-15,17H,7-9H2,1-2H3/t10-,11-,14-,15-/m0/s1. The average molecular weight is 339 g/mol. The SMILES string of the molecule is COC(=O)[C@H]1[C@H]2CC[C@@H](C2)[C@@H]1NS(=O)(=O)c1ccccc1OC. The maximum atomic E-state index is 12.8. The highest BCUT2D eigenvalue weighted by Crippen LogP contribution is 2.49. The molecule has 2 fully saturated rings. The van der Waals surface area contributed by atoms with Crippen LogP contribution in [-0.4, -0.2) is 34.6 Å². The van der Waals surface area contributed by atoms with Gasteiger partial charge in [-0.2, -0.15) is 0 Å². The molecular weight excluding hydrogens is 318 g/mol. The van der Waals surface area contributed by atoms with Crippen LogP contribution in [-0.2, 0) is 19.6 Å². The second kappa shape index (κ2) is 6.13. The zero-order chi connectivity index (χ0) is 16.6. The molecule has 1 N–H and O–H groups in total. The van der Waals surface area contributed by atoms with Gasteiger partial charge < -0.3 is 9.47 Å². The fraction of sp³-hybridized carbons (Fsp3) is 0.562. The van der Waals surface area contributed by atoms with Gasteiger partial charge in [0, 0.05) is 6.04 Å². The lowest BCUT2D eigenvalue weighted by Crippen LogP contribution is -2.47. The Morgan fingerprint density at radius 1 is 1.17 bits per heavy atom. The number of nitrogens with one attached hydrogen (secondary N) is 1. The summed E-state index contributed by atoms with van der Waals surface area (Å²) in [6.45, 7) is 0. The van der Waals surface area contributed by atoms with Gasteiger partial charge in [-0.15, -0.1) is 0 Å². The maximum absolute atomic E-state index is 12.8. The van der Waals surface area contributed by atoms with Crippen molar-refractivity contribution in [3.63, 3.8) is 0 Å². The number of hydrogen-bond acceptors (Lipinski definition) is 5. The molecule has 0 spiro atoms. The van der Waals surface area contributed by atoms with Gasteiger partial charge >= 0.3 is 5.97 Å². The Kier molecular flexibility index (Phi) is 4.33. The molecule has 4 atom stereocenters. The highest BCUT2D eigenvalue weighted by molar-refractivity contribution is 7.89. The zero-order valence-electron chi connectivity index (χ0n) is 13.2. The summed E-state index contributed by atoms with van der Waals surface area (Å²) in [5.74, 6) is -0.0441. The molecule has 0 unspecified atom stereocenters. The molecule has 0 amide bonds. The molecule has 0 heterocycles. The van der Waals surface area contributed by atoms with E-state index in [0.717, 1.165) is 19.3 Å². The average Bonchev–Trinajstić information content (AvgIpc) is 3.15. The largest absolute Gasteiger partial charge is 0.495 e. The third-order valence-corrected chi connectivity index (χ3v) is 6.54. The van der Waals surface area contributed by atoms with Crippen molar-refractivity contribution < 1.29 is 22.7 Å². The smallest absolute Gasteiger partial charge is 0.310 e. The minimum Gasteiger partial charge on any atom is -0.495 e. The van der Waals surface area contributed by atoms with Crippen LogP contribution < -0.4 is 9.46 Å². The van der Waals surface area contributed by atoms with Crippen LogP contribution in [0.4, 0.5) is 0 Å². The third kappa shape index (κ3) is 2.83. The Balaban J connectivity index is 1.89. The molecule has 0 aliphatic heterocycles. The van der Waals surface area contributed by atoms with Gasteiger partial charge in [-0.25, -0.2) is 13.1 Å². The fourth-order valence-corrected chi connectivity index (χ4v) is 5.52. The molecule has 0 aromatic heterocycles. The van der Waals surface area contributed by atoms with Gasteiger partial charge in [0.05, 0.1) is 20.1 Å². The van der Waals surface area contributed by atoms with Crippen LogP contribution in [0.15, 0.2) is 29.2 Å². The molecule has 1 aromatic carbocycles. The fourth-order valence-electron chi connectivity index (χ4n) is 4.02. The first-order chi connectivity index (χ1) is 11.0. The van der Waals surface area contributed by atoms with E-state index in [0.29, 0.717) is 0 Å². The number of esters is 1. The van der Waals surface area contributed by atoms with Crippen molar-refractivity contribution in [2.24, 2.45) is 17.8 Å². The number of fused-ring (bicyclic) bond motifs is 2. The van der Waals surface area contributed by atoms with Crippen LogP contribution in [0.5, 0.6) is 5.75 Å². The van der Waals surface area contributed by atoms with E-state index in [1.165, 1.54) is 20.3 Å². The van der Waals surface area contributed by atoms with Gasteiger partial charge in [-0.05, 0) is 43.2 Å². The number of carbonyl (C=O) groups excluding carboxylic acids is 1. The van der Waals surface area contributed by atoms with E-state index in [9.17, 15) is 13.2 Å². The summed E-state index contributed by atoms with van der Waals surface area (Å²) in [6, 6.07) is 6.06. The lowest BCUT2D eigenvalue weighted by Gasteiger charge is -2.29. The zero-order valence-corrected chi connectivity index (χ0v) is 14.0. The topological polar surface area (TPSA) is 81.7 Å². The molecular formula is C16H21NO5S. The number of carbonyl (C=O) groups is 1. The Bertz CT molecular complexity index is 702. The predicted molar refractivity (Wildman–Crippen MR) is 83.4 cm³/mol. The Labute approximate surface area is 136 Å². The summed E-state index contributed by atoms with van der Waals surface area (Å²) in [6.07, 6.45) is 2.77. The Morgan fingerprint density at radius 2 is 1.87 bits per heavy atom. The van der Waals surface area contributed by atoms with Crippen molar-refractivity contribution in [1.82, 2.24) is 4.72 Å². The molecule has 2 aliphatic rings. The molecule has 0 saturated heterocycles. The maximum Gasteiger partial charge on any atom is 0.310 e. The van der Waals surface area contributed by atoms with Crippen molar-refractivity contribution in [3.05, 3.63) is 24.3 Å². The van der Waals surface area contributed by atoms with Crippen molar-refractivity contribution in [2.45, 2.75) is 30.2 Å². The molecule has 23 heavy (non-hydrogen) atoms. The minimum atomic E-state index is -3.77. The number of benzene rings is 1. The normalized spacial score (nSPS) is 29.5. The molecule has 7 heteroatoms. The second-order valence-corrected chi connectivity index (χ2v) is 7.86. The van der Waals surface area contributed by atoms with Crippen LogP contribution in [0.1, 0.15) is 19.3 Å². The first kappa shape index (κ1) is 16.3. The van der Waals surface area contributed by atoms with E-state index in [2.05, 4.69) is 4.72 Å². The first-order valence-corrected chi connectivity index (χ1v) is 9.19. The van der Waals surface area contributed by atoms with Gasteiger partial charge in [0.25, 0.3) is 0 Å². The molecule has 1 aromatic rings. The molecule has 2 aliphatic carbocycles. The number of sulfonamides is 1. The van der Waals surface area contributed by atoms with Crippen LogP contribution in [0.3, 0.4) is 0 Å².